The quantitative estimate of drug-likeness (QED) is 0.599. The van der Waals surface area contributed by atoms with Gasteiger partial charge in [-0.25, -0.2) is 0 Å². The molecule has 1 atom stereocenters. The Kier molecular flexibility index (Phi) is 2.86. The summed E-state index contributed by atoms with van der Waals surface area (Å²) in [6.45, 7) is 0. The molecular weight excluding hydrogens is 276 g/mol. The van der Waals surface area contributed by atoms with Gasteiger partial charge in [-0.3, -0.25) is 4.79 Å². The molecule has 1 heterocycles. The molecule has 2 aromatic rings. The van der Waals surface area contributed by atoms with Gasteiger partial charge < -0.3 is 25.2 Å². The lowest BCUT2D eigenvalue weighted by atomic mass is 9.95. The van der Waals surface area contributed by atoms with Crippen molar-refractivity contribution in [3.05, 3.63) is 41.5 Å². The molecule has 3 rings (SSSR count). The number of ketones is 1. The van der Waals surface area contributed by atoms with Gasteiger partial charge in [-0.2, -0.15) is 0 Å². The summed E-state index contributed by atoms with van der Waals surface area (Å²) in [5.41, 5.74) is 0.724. The lowest BCUT2D eigenvalue weighted by molar-refractivity contribution is 0.0848. The minimum atomic E-state index is -0.638. The molecule has 0 fully saturated rings. The van der Waals surface area contributed by atoms with Gasteiger partial charge in [0.05, 0.1) is 12.0 Å². The van der Waals surface area contributed by atoms with Crippen molar-refractivity contribution in [3.8, 4) is 28.7 Å². The van der Waals surface area contributed by atoms with Crippen LogP contribution in [-0.2, 0) is 0 Å². The first kappa shape index (κ1) is 13.1. The molecule has 2 aromatic carbocycles. The summed E-state index contributed by atoms with van der Waals surface area (Å²) >= 11 is 0. The molecule has 0 amide bonds. The van der Waals surface area contributed by atoms with Crippen LogP contribution in [0, 0.1) is 0 Å². The molecule has 0 unspecified atom stereocenters. The maximum Gasteiger partial charge on any atom is 0.170 e. The lowest BCUT2D eigenvalue weighted by Gasteiger charge is -2.26. The van der Waals surface area contributed by atoms with E-state index < -0.39 is 6.10 Å². The molecule has 0 aromatic heterocycles. The molecule has 6 nitrogen and oxygen atoms in total. The highest BCUT2D eigenvalue weighted by Gasteiger charge is 2.29. The highest BCUT2D eigenvalue weighted by molar-refractivity contribution is 6.00. The zero-order valence-electron chi connectivity index (χ0n) is 10.8. The molecular formula is C15H12O6. The van der Waals surface area contributed by atoms with Crippen molar-refractivity contribution in [1.82, 2.24) is 0 Å². The first-order chi connectivity index (χ1) is 9.95. The molecule has 108 valence electrons. The van der Waals surface area contributed by atoms with E-state index in [-0.39, 0.29) is 46.5 Å². The molecule has 6 heteroatoms. The number of rotatable bonds is 1. The third-order valence-corrected chi connectivity index (χ3v) is 3.39. The number of phenolic OH excluding ortho intramolecular Hbond substituents is 4. The van der Waals surface area contributed by atoms with Crippen LogP contribution in [0.1, 0.15) is 28.4 Å². The number of aromatic hydroxyl groups is 4. The van der Waals surface area contributed by atoms with Gasteiger partial charge in [0.2, 0.25) is 0 Å². The monoisotopic (exact) mass is 288 g/mol. The van der Waals surface area contributed by atoms with E-state index >= 15 is 0 Å². The lowest BCUT2D eigenvalue weighted by Crippen LogP contribution is -2.20. The van der Waals surface area contributed by atoms with Gasteiger partial charge in [-0.05, 0) is 23.8 Å². The highest BCUT2D eigenvalue weighted by Crippen LogP contribution is 2.41. The van der Waals surface area contributed by atoms with Crippen molar-refractivity contribution in [2.75, 3.05) is 0 Å². The number of fused-ring (bicyclic) bond motifs is 1. The third-order valence-electron chi connectivity index (χ3n) is 3.39. The van der Waals surface area contributed by atoms with Crippen molar-refractivity contribution >= 4 is 5.78 Å². The van der Waals surface area contributed by atoms with Crippen LogP contribution < -0.4 is 4.74 Å². The summed E-state index contributed by atoms with van der Waals surface area (Å²) in [4.78, 5) is 12.1. The fourth-order valence-corrected chi connectivity index (χ4v) is 2.27. The van der Waals surface area contributed by atoms with E-state index in [4.69, 9.17) is 4.74 Å². The highest BCUT2D eigenvalue weighted by atomic mass is 16.5. The molecule has 4 N–H and O–H groups in total. The molecule has 0 radical (unpaired) electrons. The zero-order chi connectivity index (χ0) is 15.1. The first-order valence-corrected chi connectivity index (χ1v) is 6.23. The summed E-state index contributed by atoms with van der Waals surface area (Å²) in [7, 11) is 0. The number of Topliss-reactive ketones (excluding diaryl/α,β-unsaturated/α-hetero) is 1. The predicted octanol–water partition coefficient (Wildman–Crippen LogP) is 2.22. The number of phenols is 4. The smallest absolute Gasteiger partial charge is 0.170 e. The Morgan fingerprint density at radius 1 is 0.905 bits per heavy atom. The van der Waals surface area contributed by atoms with E-state index in [1.54, 1.807) is 0 Å². The van der Waals surface area contributed by atoms with Crippen LogP contribution in [0.3, 0.4) is 0 Å². The van der Waals surface area contributed by atoms with E-state index in [2.05, 4.69) is 0 Å². The van der Waals surface area contributed by atoms with Crippen molar-refractivity contribution in [2.45, 2.75) is 12.5 Å². The van der Waals surface area contributed by atoms with Gasteiger partial charge in [-0.15, -0.1) is 0 Å². The van der Waals surface area contributed by atoms with E-state index in [1.807, 2.05) is 0 Å². The van der Waals surface area contributed by atoms with E-state index in [1.165, 1.54) is 24.3 Å². The number of hydrogen-bond acceptors (Lipinski definition) is 6. The van der Waals surface area contributed by atoms with Gasteiger partial charge in [0.25, 0.3) is 0 Å². The summed E-state index contributed by atoms with van der Waals surface area (Å²) in [5.74, 6) is -1.41. The number of ether oxygens (including phenoxy) is 1. The Balaban J connectivity index is 1.99. The maximum atomic E-state index is 12.1. The Morgan fingerprint density at radius 3 is 2.29 bits per heavy atom. The van der Waals surface area contributed by atoms with Gasteiger partial charge in [0.1, 0.15) is 11.9 Å². The van der Waals surface area contributed by atoms with Gasteiger partial charge in [0.15, 0.2) is 28.8 Å². The molecule has 0 saturated carbocycles. The average molecular weight is 288 g/mol. The molecule has 0 saturated heterocycles. The van der Waals surface area contributed by atoms with Crippen LogP contribution in [-0.4, -0.2) is 26.2 Å². The van der Waals surface area contributed by atoms with Crippen LogP contribution in [0.4, 0.5) is 0 Å². The minimum absolute atomic E-state index is 0.0292. The van der Waals surface area contributed by atoms with E-state index in [0.717, 1.165) is 6.07 Å². The molecule has 0 aliphatic carbocycles. The third kappa shape index (κ3) is 2.20. The maximum absolute atomic E-state index is 12.1. The van der Waals surface area contributed by atoms with Crippen molar-refractivity contribution in [2.24, 2.45) is 0 Å². The van der Waals surface area contributed by atoms with Crippen LogP contribution in [0.25, 0.3) is 0 Å². The van der Waals surface area contributed by atoms with Crippen LogP contribution >= 0.6 is 0 Å². The Hall–Kier alpha value is -2.89. The van der Waals surface area contributed by atoms with Crippen LogP contribution in [0.5, 0.6) is 28.7 Å². The Labute approximate surface area is 119 Å². The number of hydrogen-bond donors (Lipinski definition) is 4. The van der Waals surface area contributed by atoms with E-state index in [9.17, 15) is 25.2 Å². The Morgan fingerprint density at radius 2 is 1.57 bits per heavy atom. The van der Waals surface area contributed by atoms with Crippen LogP contribution in [0.2, 0.25) is 0 Å². The normalized spacial score (nSPS) is 17.1. The second-order valence-electron chi connectivity index (χ2n) is 4.82. The fraction of sp³-hybridized carbons (Fsp3) is 0.133. The predicted molar refractivity (Wildman–Crippen MR) is 71.9 cm³/mol. The number of benzene rings is 2. The summed E-state index contributed by atoms with van der Waals surface area (Å²) < 4.78 is 5.63. The second kappa shape index (κ2) is 4.59. The summed E-state index contributed by atoms with van der Waals surface area (Å²) in [6, 6.07) is 6.51. The molecule has 0 spiro atoms. The van der Waals surface area contributed by atoms with Crippen molar-refractivity contribution in [3.63, 3.8) is 0 Å². The van der Waals surface area contributed by atoms with E-state index in [0.29, 0.717) is 5.56 Å². The molecule has 1 aliphatic heterocycles. The SMILES string of the molecule is O=C1C[C@H](c2ccc(O)c(O)c2)Oc2cc(O)c(O)cc21. The zero-order valence-corrected chi connectivity index (χ0v) is 10.8. The molecule has 0 bridgehead atoms. The fourth-order valence-electron chi connectivity index (χ4n) is 2.27. The van der Waals surface area contributed by atoms with Gasteiger partial charge in [-0.1, -0.05) is 6.07 Å². The average Bonchev–Trinajstić information content (AvgIpc) is 2.44. The summed E-state index contributed by atoms with van der Waals surface area (Å²) in [5, 5.41) is 37.7. The minimum Gasteiger partial charge on any atom is -0.504 e. The molecule has 1 aliphatic rings. The van der Waals surface area contributed by atoms with Gasteiger partial charge >= 0.3 is 0 Å². The second-order valence-corrected chi connectivity index (χ2v) is 4.82. The van der Waals surface area contributed by atoms with Crippen LogP contribution in [0.15, 0.2) is 30.3 Å². The standard InChI is InChI=1S/C15H12O6/c16-9-2-1-7(3-11(9)18)14-5-10(17)8-4-12(19)13(20)6-15(8)21-14/h1-4,6,14,16,18-20H,5H2/t14-/m1/s1. The number of carbonyl (C=O) groups excluding carboxylic acids is 1. The van der Waals surface area contributed by atoms with Gasteiger partial charge in [0, 0.05) is 6.07 Å². The largest absolute Gasteiger partial charge is 0.504 e. The summed E-state index contributed by atoms with van der Waals surface area (Å²) in [6.07, 6.45) is -0.609. The first-order valence-electron chi connectivity index (χ1n) is 6.23. The van der Waals surface area contributed by atoms with Crippen molar-refractivity contribution < 1.29 is 30.0 Å². The topological polar surface area (TPSA) is 107 Å². The number of carbonyl (C=O) groups is 1. The molecule has 21 heavy (non-hydrogen) atoms. The Bertz CT molecular complexity index is 737. The van der Waals surface area contributed by atoms with Crippen molar-refractivity contribution in [1.29, 1.82) is 0 Å².